The standard InChI is InChI=1S/C14H20N6/c1-15-13-9-16-8-11(18-13)12-4-3-6-20(12)10-14-17-5-7-19(14)2/h5,7-9,12H,3-4,6,10H2,1-2H3,(H,15,18)/t12-/m0/s1. The lowest BCUT2D eigenvalue weighted by atomic mass is 10.1. The lowest BCUT2D eigenvalue weighted by Crippen LogP contribution is -2.25. The van der Waals surface area contributed by atoms with Gasteiger partial charge in [-0.3, -0.25) is 9.88 Å². The second-order valence-corrected chi connectivity index (χ2v) is 5.16. The first-order valence-corrected chi connectivity index (χ1v) is 6.98. The van der Waals surface area contributed by atoms with Crippen LogP contribution in [0.25, 0.3) is 0 Å². The van der Waals surface area contributed by atoms with Crippen LogP contribution in [0.3, 0.4) is 0 Å². The van der Waals surface area contributed by atoms with E-state index in [2.05, 4.69) is 29.7 Å². The summed E-state index contributed by atoms with van der Waals surface area (Å²) in [4.78, 5) is 15.8. The van der Waals surface area contributed by atoms with Crippen LogP contribution < -0.4 is 5.32 Å². The molecule has 1 aliphatic rings. The minimum absolute atomic E-state index is 0.340. The summed E-state index contributed by atoms with van der Waals surface area (Å²) >= 11 is 0. The zero-order chi connectivity index (χ0) is 13.9. The van der Waals surface area contributed by atoms with E-state index < -0.39 is 0 Å². The van der Waals surface area contributed by atoms with E-state index in [9.17, 15) is 0 Å². The van der Waals surface area contributed by atoms with Crippen molar-refractivity contribution in [2.24, 2.45) is 7.05 Å². The van der Waals surface area contributed by atoms with Gasteiger partial charge in [-0.2, -0.15) is 0 Å². The molecule has 3 rings (SSSR count). The van der Waals surface area contributed by atoms with Gasteiger partial charge in [0.25, 0.3) is 0 Å². The van der Waals surface area contributed by atoms with Gasteiger partial charge in [-0.25, -0.2) is 9.97 Å². The molecule has 2 aromatic heterocycles. The first kappa shape index (κ1) is 13.1. The third-order valence-corrected chi connectivity index (χ3v) is 3.88. The molecule has 106 valence electrons. The fourth-order valence-corrected chi connectivity index (χ4v) is 2.74. The Morgan fingerprint density at radius 1 is 1.40 bits per heavy atom. The summed E-state index contributed by atoms with van der Waals surface area (Å²) in [5.41, 5.74) is 1.04. The Morgan fingerprint density at radius 2 is 2.30 bits per heavy atom. The van der Waals surface area contributed by atoms with Crippen molar-refractivity contribution < 1.29 is 0 Å². The smallest absolute Gasteiger partial charge is 0.144 e. The molecule has 0 aliphatic carbocycles. The molecule has 1 N–H and O–H groups in total. The van der Waals surface area contributed by atoms with Crippen molar-refractivity contribution in [2.75, 3.05) is 18.9 Å². The fraction of sp³-hybridized carbons (Fsp3) is 0.500. The number of aryl methyl sites for hydroxylation is 1. The Hall–Kier alpha value is -1.95. The lowest BCUT2D eigenvalue weighted by Gasteiger charge is -2.23. The molecule has 0 spiro atoms. The molecule has 2 aromatic rings. The molecule has 0 saturated carbocycles. The Morgan fingerprint density at radius 3 is 3.05 bits per heavy atom. The monoisotopic (exact) mass is 272 g/mol. The first-order valence-electron chi connectivity index (χ1n) is 6.98. The van der Waals surface area contributed by atoms with Gasteiger partial charge in [0.2, 0.25) is 0 Å². The third kappa shape index (κ3) is 2.51. The maximum Gasteiger partial charge on any atom is 0.144 e. The van der Waals surface area contributed by atoms with E-state index in [-0.39, 0.29) is 0 Å². The molecule has 0 aromatic carbocycles. The highest BCUT2D eigenvalue weighted by Gasteiger charge is 2.28. The number of imidazole rings is 1. The molecule has 0 radical (unpaired) electrons. The van der Waals surface area contributed by atoms with Crippen LogP contribution in [0.2, 0.25) is 0 Å². The van der Waals surface area contributed by atoms with Crippen LogP contribution in [0.1, 0.15) is 30.4 Å². The van der Waals surface area contributed by atoms with Gasteiger partial charge in [0.05, 0.1) is 30.7 Å². The molecule has 6 heteroatoms. The minimum atomic E-state index is 0.340. The summed E-state index contributed by atoms with van der Waals surface area (Å²) in [5, 5.41) is 3.05. The molecule has 1 fully saturated rings. The second-order valence-electron chi connectivity index (χ2n) is 5.16. The van der Waals surface area contributed by atoms with Crippen molar-refractivity contribution in [1.29, 1.82) is 0 Å². The molecule has 6 nitrogen and oxygen atoms in total. The molecule has 1 aliphatic heterocycles. The normalized spacial score (nSPS) is 19.4. The van der Waals surface area contributed by atoms with Gasteiger partial charge in [0.1, 0.15) is 11.6 Å². The van der Waals surface area contributed by atoms with E-state index in [1.165, 1.54) is 6.42 Å². The van der Waals surface area contributed by atoms with Crippen LogP contribution in [0.4, 0.5) is 5.82 Å². The van der Waals surface area contributed by atoms with Gasteiger partial charge in [-0.05, 0) is 19.4 Å². The number of nitrogens with one attached hydrogen (secondary N) is 1. The number of hydrogen-bond donors (Lipinski definition) is 1. The Kier molecular flexibility index (Phi) is 3.64. The van der Waals surface area contributed by atoms with Crippen LogP contribution >= 0.6 is 0 Å². The predicted octanol–water partition coefficient (Wildman–Crippen LogP) is 1.59. The van der Waals surface area contributed by atoms with E-state index in [1.54, 1.807) is 6.20 Å². The summed E-state index contributed by atoms with van der Waals surface area (Å²) in [6.45, 7) is 1.95. The van der Waals surface area contributed by atoms with Gasteiger partial charge in [-0.1, -0.05) is 0 Å². The lowest BCUT2D eigenvalue weighted by molar-refractivity contribution is 0.236. The average molecular weight is 272 g/mol. The molecular weight excluding hydrogens is 252 g/mol. The summed E-state index contributed by atoms with van der Waals surface area (Å²) in [5.74, 6) is 1.92. The number of hydrogen-bond acceptors (Lipinski definition) is 5. The van der Waals surface area contributed by atoms with E-state index >= 15 is 0 Å². The van der Waals surface area contributed by atoms with Crippen LogP contribution in [0.15, 0.2) is 24.8 Å². The highest BCUT2D eigenvalue weighted by atomic mass is 15.2. The Bertz CT molecular complexity index is 579. The molecule has 1 atom stereocenters. The fourth-order valence-electron chi connectivity index (χ4n) is 2.74. The molecule has 0 amide bonds. The largest absolute Gasteiger partial charge is 0.372 e. The average Bonchev–Trinajstić information content (AvgIpc) is 3.09. The minimum Gasteiger partial charge on any atom is -0.372 e. The van der Waals surface area contributed by atoms with Gasteiger partial charge >= 0.3 is 0 Å². The van der Waals surface area contributed by atoms with Crippen molar-refractivity contribution in [3.8, 4) is 0 Å². The quantitative estimate of drug-likeness (QED) is 0.916. The number of anilines is 1. The van der Waals surface area contributed by atoms with E-state index in [0.717, 1.165) is 36.8 Å². The number of likely N-dealkylation sites (tertiary alicyclic amines) is 1. The van der Waals surface area contributed by atoms with Gasteiger partial charge in [0.15, 0.2) is 0 Å². The van der Waals surface area contributed by atoms with Crippen LogP contribution in [-0.2, 0) is 13.6 Å². The highest BCUT2D eigenvalue weighted by Crippen LogP contribution is 2.31. The number of rotatable bonds is 4. The van der Waals surface area contributed by atoms with Crippen molar-refractivity contribution in [1.82, 2.24) is 24.4 Å². The predicted molar refractivity (Wildman–Crippen MR) is 77.2 cm³/mol. The van der Waals surface area contributed by atoms with Crippen LogP contribution in [-0.4, -0.2) is 38.0 Å². The summed E-state index contributed by atoms with van der Waals surface area (Å²) in [7, 11) is 3.91. The van der Waals surface area contributed by atoms with Crippen molar-refractivity contribution in [3.63, 3.8) is 0 Å². The van der Waals surface area contributed by atoms with E-state index in [4.69, 9.17) is 0 Å². The van der Waals surface area contributed by atoms with Crippen LogP contribution in [0, 0.1) is 0 Å². The van der Waals surface area contributed by atoms with Gasteiger partial charge in [0, 0.05) is 26.5 Å². The number of aromatic nitrogens is 4. The molecule has 0 unspecified atom stereocenters. The first-order chi connectivity index (χ1) is 9.78. The number of nitrogens with zero attached hydrogens (tertiary/aromatic N) is 5. The summed E-state index contributed by atoms with van der Waals surface area (Å²) < 4.78 is 2.07. The summed E-state index contributed by atoms with van der Waals surface area (Å²) in [6, 6.07) is 0.340. The maximum atomic E-state index is 4.63. The zero-order valence-electron chi connectivity index (χ0n) is 12.0. The second kappa shape index (κ2) is 5.58. The maximum absolute atomic E-state index is 4.63. The van der Waals surface area contributed by atoms with Crippen molar-refractivity contribution in [3.05, 3.63) is 36.3 Å². The Balaban J connectivity index is 1.79. The molecule has 1 saturated heterocycles. The molecule has 3 heterocycles. The van der Waals surface area contributed by atoms with Gasteiger partial charge in [-0.15, -0.1) is 0 Å². The molecule has 0 bridgehead atoms. The molecular formula is C14H20N6. The zero-order valence-corrected chi connectivity index (χ0v) is 12.0. The van der Waals surface area contributed by atoms with Crippen LogP contribution in [0.5, 0.6) is 0 Å². The van der Waals surface area contributed by atoms with E-state index in [0.29, 0.717) is 6.04 Å². The third-order valence-electron chi connectivity index (χ3n) is 3.88. The van der Waals surface area contributed by atoms with Crippen molar-refractivity contribution >= 4 is 5.82 Å². The Labute approximate surface area is 118 Å². The topological polar surface area (TPSA) is 58.9 Å². The van der Waals surface area contributed by atoms with Gasteiger partial charge < -0.3 is 9.88 Å². The molecule has 20 heavy (non-hydrogen) atoms. The SMILES string of the molecule is CNc1cncc([C@@H]2CCCN2Cc2nccn2C)n1. The summed E-state index contributed by atoms with van der Waals surface area (Å²) in [6.07, 6.45) is 9.79. The highest BCUT2D eigenvalue weighted by molar-refractivity contribution is 5.31. The van der Waals surface area contributed by atoms with Crippen molar-refractivity contribution in [2.45, 2.75) is 25.4 Å². The van der Waals surface area contributed by atoms with E-state index in [1.807, 2.05) is 32.7 Å².